The smallest absolute Gasteiger partial charge is 0.241 e. The fraction of sp³-hybridized carbons (Fsp3) is 0.268. The molecule has 2 aliphatic carbocycles. The molecule has 0 radical (unpaired) electrons. The van der Waals surface area contributed by atoms with E-state index < -0.39 is 52.6 Å². The van der Waals surface area contributed by atoms with Crippen LogP contribution >= 0.6 is 11.6 Å². The Morgan fingerprint density at radius 1 is 0.846 bits per heavy atom. The second-order valence-corrected chi connectivity index (χ2v) is 14.3. The summed E-state index contributed by atoms with van der Waals surface area (Å²) >= 11 is 6.12. The Balaban J connectivity index is 1.19. The maximum Gasteiger partial charge on any atom is 0.241 e. The fourth-order valence-corrected chi connectivity index (χ4v) is 9.05. The molecule has 3 fully saturated rings. The highest BCUT2D eigenvalue weighted by Crippen LogP contribution is 2.64. The van der Waals surface area contributed by atoms with E-state index in [1.807, 2.05) is 60.7 Å². The van der Waals surface area contributed by atoms with Gasteiger partial charge in [0.05, 0.1) is 46.2 Å². The first-order chi connectivity index (χ1) is 25.1. The van der Waals surface area contributed by atoms with Crippen molar-refractivity contribution >= 4 is 58.0 Å². The quantitative estimate of drug-likeness (QED) is 0.148. The minimum Gasteiger partial charge on any atom is -0.491 e. The van der Waals surface area contributed by atoms with Crippen molar-refractivity contribution in [3.8, 4) is 5.75 Å². The number of amides is 4. The summed E-state index contributed by atoms with van der Waals surface area (Å²) in [6.07, 6.45) is 2.40. The van der Waals surface area contributed by atoms with E-state index in [-0.39, 0.29) is 48.6 Å². The molecule has 0 bridgehead atoms. The van der Waals surface area contributed by atoms with Gasteiger partial charge in [0.2, 0.25) is 23.6 Å². The predicted molar refractivity (Wildman–Crippen MR) is 194 cm³/mol. The molecule has 2 heterocycles. The number of anilines is 4. The average molecular weight is 720 g/mol. The van der Waals surface area contributed by atoms with Gasteiger partial charge in [-0.3, -0.25) is 24.1 Å². The Morgan fingerprint density at radius 3 is 2.27 bits per heavy atom. The predicted octanol–water partition coefficient (Wildman–Crippen LogP) is 7.03. The number of fused-ring (bicyclic) bond motifs is 4. The molecule has 52 heavy (non-hydrogen) atoms. The van der Waals surface area contributed by atoms with Crippen LogP contribution in [0.4, 0.5) is 27.1 Å². The molecule has 2 saturated heterocycles. The number of benzene rings is 4. The summed E-state index contributed by atoms with van der Waals surface area (Å²) in [6.45, 7) is 1.53. The van der Waals surface area contributed by atoms with E-state index in [9.17, 15) is 28.7 Å². The largest absolute Gasteiger partial charge is 0.491 e. The zero-order chi connectivity index (χ0) is 36.3. The maximum atomic E-state index is 14.7. The van der Waals surface area contributed by atoms with E-state index in [1.54, 1.807) is 31.2 Å². The molecule has 0 aromatic heterocycles. The van der Waals surface area contributed by atoms with Gasteiger partial charge in [0.25, 0.3) is 0 Å². The number of rotatable bonds is 8. The van der Waals surface area contributed by atoms with Gasteiger partial charge in [0.1, 0.15) is 18.2 Å². The van der Waals surface area contributed by atoms with E-state index in [0.29, 0.717) is 17.0 Å². The van der Waals surface area contributed by atoms with Crippen molar-refractivity contribution in [2.45, 2.75) is 25.7 Å². The summed E-state index contributed by atoms with van der Waals surface area (Å²) in [5, 5.41) is 12.7. The van der Waals surface area contributed by atoms with E-state index in [4.69, 9.17) is 16.3 Å². The highest BCUT2D eigenvalue weighted by Gasteiger charge is 2.68. The number of carbonyl (C=O) groups excluding carboxylic acids is 4. The SMILES string of the molecule is C[C@@]12C(=O)N(c3ccc(F)c(Cl)c3)C(=O)[C@@H]1C[C@@H]1C(=CC[C@@H]3C(=O)N(c4ccc(Nc5ccccc5)cc4)C(=O)[C@@H]31)[C@@H]2c1ccccc1OCCO. The molecule has 0 spiro atoms. The van der Waals surface area contributed by atoms with Crippen molar-refractivity contribution in [1.82, 2.24) is 0 Å². The third-order valence-electron chi connectivity index (χ3n) is 11.2. The van der Waals surface area contributed by atoms with Crippen LogP contribution in [0.2, 0.25) is 5.02 Å². The van der Waals surface area contributed by atoms with Gasteiger partial charge in [-0.15, -0.1) is 0 Å². The first-order valence-electron chi connectivity index (χ1n) is 17.3. The molecule has 8 rings (SSSR count). The first kappa shape index (κ1) is 33.8. The van der Waals surface area contributed by atoms with Gasteiger partial charge in [-0.25, -0.2) is 9.29 Å². The highest BCUT2D eigenvalue weighted by molar-refractivity contribution is 6.32. The number of hydrogen-bond acceptors (Lipinski definition) is 7. The van der Waals surface area contributed by atoms with Crippen LogP contribution in [0.3, 0.4) is 0 Å². The number of nitrogens with zero attached hydrogens (tertiary/aromatic N) is 2. The van der Waals surface area contributed by atoms with Crippen molar-refractivity contribution in [1.29, 1.82) is 0 Å². The van der Waals surface area contributed by atoms with E-state index in [0.717, 1.165) is 27.9 Å². The van der Waals surface area contributed by atoms with Gasteiger partial charge in [-0.1, -0.05) is 59.6 Å². The molecule has 2 aliphatic heterocycles. The summed E-state index contributed by atoms with van der Waals surface area (Å²) in [5.41, 5.74) is 2.40. The second kappa shape index (κ2) is 13.0. The molecule has 2 N–H and O–H groups in total. The van der Waals surface area contributed by atoms with Crippen molar-refractivity contribution in [3.63, 3.8) is 0 Å². The molecule has 6 atom stereocenters. The van der Waals surface area contributed by atoms with Gasteiger partial charge in [0.15, 0.2) is 0 Å². The van der Waals surface area contributed by atoms with Gasteiger partial charge in [-0.2, -0.15) is 0 Å². The van der Waals surface area contributed by atoms with Crippen molar-refractivity contribution in [2.24, 2.45) is 29.1 Å². The summed E-state index contributed by atoms with van der Waals surface area (Å²) in [4.78, 5) is 60.1. The normalized spacial score (nSPS) is 26.5. The number of halogens is 2. The summed E-state index contributed by atoms with van der Waals surface area (Å²) in [5.74, 6) is -5.40. The fourth-order valence-electron chi connectivity index (χ4n) is 8.87. The average Bonchev–Trinajstić information content (AvgIpc) is 3.52. The highest BCUT2D eigenvalue weighted by atomic mass is 35.5. The summed E-state index contributed by atoms with van der Waals surface area (Å²) in [6, 6.07) is 27.7. The Bertz CT molecular complexity index is 2140. The Kier molecular flexibility index (Phi) is 8.47. The van der Waals surface area contributed by atoms with Crippen LogP contribution in [0.15, 0.2) is 109 Å². The number of aliphatic hydroxyl groups excluding tert-OH is 1. The minimum absolute atomic E-state index is 0.00569. The maximum absolute atomic E-state index is 14.7. The lowest BCUT2D eigenvalue weighted by Gasteiger charge is -2.49. The zero-order valence-electron chi connectivity index (χ0n) is 28.2. The summed E-state index contributed by atoms with van der Waals surface area (Å²) < 4.78 is 20.2. The number of imide groups is 2. The Labute approximate surface area is 304 Å². The molecule has 11 heteroatoms. The molecule has 264 valence electrons. The number of ether oxygens (including phenoxy) is 1. The van der Waals surface area contributed by atoms with E-state index in [1.165, 1.54) is 17.0 Å². The van der Waals surface area contributed by atoms with Crippen LogP contribution < -0.4 is 19.9 Å². The molecule has 4 amide bonds. The molecule has 9 nitrogen and oxygen atoms in total. The number of para-hydroxylation sites is 2. The molecule has 0 unspecified atom stereocenters. The van der Waals surface area contributed by atoms with Gasteiger partial charge < -0.3 is 15.2 Å². The Morgan fingerprint density at radius 2 is 1.54 bits per heavy atom. The van der Waals surface area contributed by atoms with E-state index in [2.05, 4.69) is 5.32 Å². The zero-order valence-corrected chi connectivity index (χ0v) is 28.9. The molecule has 4 aromatic carbocycles. The minimum atomic E-state index is -1.33. The van der Waals surface area contributed by atoms with Gasteiger partial charge >= 0.3 is 0 Å². The number of hydrogen-bond donors (Lipinski definition) is 2. The molecule has 1 saturated carbocycles. The van der Waals surface area contributed by atoms with Gasteiger partial charge in [0, 0.05) is 22.9 Å². The lowest BCUT2D eigenvalue weighted by atomic mass is 9.51. The first-order valence-corrected chi connectivity index (χ1v) is 17.7. The van der Waals surface area contributed by atoms with Crippen LogP contribution in [0.1, 0.15) is 31.2 Å². The summed E-state index contributed by atoms with van der Waals surface area (Å²) in [7, 11) is 0. The van der Waals surface area contributed by atoms with Crippen LogP contribution in [-0.2, 0) is 19.2 Å². The number of nitrogens with one attached hydrogen (secondary N) is 1. The Hall–Kier alpha value is -5.32. The van der Waals surface area contributed by atoms with Crippen molar-refractivity contribution in [2.75, 3.05) is 28.3 Å². The standard InChI is InChI=1S/C41H35ClFN3O6/c1-41-31(38(49)46(40(41)51)26-15-18-33(43)32(42)21-26)22-30-27(36(41)28-9-5-6-10-34(28)52-20-19-47)16-17-29-35(30)39(50)45(37(29)48)25-13-11-24(12-14-25)44-23-7-3-2-4-8-23/h2-16,18,21,29-31,35-36,44,47H,17,19-20,22H2,1H3/t29-,30+,31-,35-,36+,41+/m0/s1. The lowest BCUT2D eigenvalue weighted by molar-refractivity contribution is -0.131. The molecule has 4 aliphatic rings. The third-order valence-corrected chi connectivity index (χ3v) is 11.5. The topological polar surface area (TPSA) is 116 Å². The van der Waals surface area contributed by atoms with Crippen LogP contribution in [0, 0.1) is 34.9 Å². The number of aliphatic hydroxyl groups is 1. The van der Waals surface area contributed by atoms with Crippen LogP contribution in [-0.4, -0.2) is 41.9 Å². The van der Waals surface area contributed by atoms with Crippen molar-refractivity contribution in [3.05, 3.63) is 125 Å². The lowest BCUT2D eigenvalue weighted by Crippen LogP contribution is -2.49. The molecular formula is C41H35ClFN3O6. The third kappa shape index (κ3) is 5.23. The van der Waals surface area contributed by atoms with Crippen molar-refractivity contribution < 1.29 is 33.4 Å². The van der Waals surface area contributed by atoms with Gasteiger partial charge in [-0.05, 0) is 86.3 Å². The number of allylic oxidation sites excluding steroid dienone is 2. The van der Waals surface area contributed by atoms with E-state index >= 15 is 0 Å². The molecular weight excluding hydrogens is 685 g/mol. The second-order valence-electron chi connectivity index (χ2n) is 13.9. The number of carbonyl (C=O) groups is 4. The van der Waals surface area contributed by atoms with Crippen LogP contribution in [0.25, 0.3) is 0 Å². The van der Waals surface area contributed by atoms with Crippen LogP contribution in [0.5, 0.6) is 5.75 Å². The monoisotopic (exact) mass is 719 g/mol. The molecule has 4 aromatic rings.